The summed E-state index contributed by atoms with van der Waals surface area (Å²) in [7, 11) is 0. The van der Waals surface area contributed by atoms with Crippen LogP contribution in [0.3, 0.4) is 0 Å². The van der Waals surface area contributed by atoms with Gasteiger partial charge in [0.2, 0.25) is 0 Å². The van der Waals surface area contributed by atoms with Crippen molar-refractivity contribution in [2.75, 3.05) is 0 Å². The van der Waals surface area contributed by atoms with E-state index in [0.29, 0.717) is 12.6 Å². The Balaban J connectivity index is 2.28. The van der Waals surface area contributed by atoms with Gasteiger partial charge in [0.15, 0.2) is 5.82 Å². The van der Waals surface area contributed by atoms with E-state index in [4.69, 9.17) is 10.7 Å². The van der Waals surface area contributed by atoms with E-state index in [9.17, 15) is 0 Å². The van der Waals surface area contributed by atoms with Crippen LogP contribution in [-0.2, 0) is 6.54 Å². The molecule has 0 aliphatic heterocycles. The molecule has 0 fully saturated rings. The maximum Gasteiger partial charge on any atom is 0.160 e. The summed E-state index contributed by atoms with van der Waals surface area (Å²) in [6, 6.07) is 12.6. The fraction of sp³-hybridized carbons (Fsp3) is 0.294. The molecule has 3 aromatic rings. The number of pyridine rings is 1. The van der Waals surface area contributed by atoms with Gasteiger partial charge in [0.05, 0.1) is 11.0 Å². The Morgan fingerprint density at radius 1 is 1.14 bits per heavy atom. The molecule has 2 N–H and O–H groups in total. The number of hydrogen-bond donors (Lipinski definition) is 1. The molecule has 0 bridgehead atoms. The lowest BCUT2D eigenvalue weighted by molar-refractivity contribution is 0.623. The molecule has 0 atom stereocenters. The number of rotatable bonds is 3. The SMILES string of the molecule is Cc1cccc(-c2nc3cc(CN)ccc3n2C(C)C)n1. The summed E-state index contributed by atoms with van der Waals surface area (Å²) in [5.74, 6) is 0.915. The summed E-state index contributed by atoms with van der Waals surface area (Å²) in [4.78, 5) is 9.42. The first-order valence-electron chi connectivity index (χ1n) is 7.25. The van der Waals surface area contributed by atoms with Crippen molar-refractivity contribution in [3.8, 4) is 11.5 Å². The van der Waals surface area contributed by atoms with Crippen LogP contribution in [0.15, 0.2) is 36.4 Å². The highest BCUT2D eigenvalue weighted by Crippen LogP contribution is 2.28. The molecule has 3 rings (SSSR count). The van der Waals surface area contributed by atoms with E-state index in [1.807, 2.05) is 25.1 Å². The molecule has 21 heavy (non-hydrogen) atoms. The molecule has 4 heteroatoms. The highest BCUT2D eigenvalue weighted by atomic mass is 15.1. The lowest BCUT2D eigenvalue weighted by Gasteiger charge is -2.13. The van der Waals surface area contributed by atoms with Gasteiger partial charge in [-0.15, -0.1) is 0 Å². The van der Waals surface area contributed by atoms with Crippen molar-refractivity contribution < 1.29 is 0 Å². The highest BCUT2D eigenvalue weighted by molar-refractivity contribution is 5.81. The average molecular weight is 280 g/mol. The van der Waals surface area contributed by atoms with Gasteiger partial charge in [0.25, 0.3) is 0 Å². The minimum atomic E-state index is 0.316. The van der Waals surface area contributed by atoms with Crippen LogP contribution in [0.2, 0.25) is 0 Å². The molecular formula is C17H20N4. The molecular weight excluding hydrogens is 260 g/mol. The van der Waals surface area contributed by atoms with E-state index in [2.05, 4.69) is 41.6 Å². The van der Waals surface area contributed by atoms with Crippen LogP contribution in [0.4, 0.5) is 0 Å². The van der Waals surface area contributed by atoms with Gasteiger partial charge in [-0.05, 0) is 50.6 Å². The van der Waals surface area contributed by atoms with E-state index < -0.39 is 0 Å². The Morgan fingerprint density at radius 3 is 2.62 bits per heavy atom. The zero-order valence-electron chi connectivity index (χ0n) is 12.7. The third-order valence-electron chi connectivity index (χ3n) is 3.62. The van der Waals surface area contributed by atoms with Crippen molar-refractivity contribution in [3.63, 3.8) is 0 Å². The van der Waals surface area contributed by atoms with Crippen molar-refractivity contribution >= 4 is 11.0 Å². The number of nitrogens with two attached hydrogens (primary N) is 1. The average Bonchev–Trinajstić information content (AvgIpc) is 2.85. The van der Waals surface area contributed by atoms with Gasteiger partial charge in [-0.1, -0.05) is 12.1 Å². The molecule has 0 spiro atoms. The van der Waals surface area contributed by atoms with Crippen LogP contribution in [0.5, 0.6) is 0 Å². The molecule has 0 saturated heterocycles. The second-order valence-corrected chi connectivity index (χ2v) is 5.59. The highest BCUT2D eigenvalue weighted by Gasteiger charge is 2.16. The molecule has 1 aromatic carbocycles. The van der Waals surface area contributed by atoms with Gasteiger partial charge in [-0.25, -0.2) is 9.97 Å². The first kappa shape index (κ1) is 13.8. The number of aryl methyl sites for hydroxylation is 1. The lowest BCUT2D eigenvalue weighted by atomic mass is 10.2. The Morgan fingerprint density at radius 2 is 1.95 bits per heavy atom. The smallest absolute Gasteiger partial charge is 0.160 e. The first-order valence-corrected chi connectivity index (χ1v) is 7.25. The largest absolute Gasteiger partial charge is 0.326 e. The standard InChI is InChI=1S/C17H20N4/c1-11(2)21-16-8-7-13(10-18)9-15(16)20-17(21)14-6-4-5-12(3)19-14/h4-9,11H,10,18H2,1-3H3. The quantitative estimate of drug-likeness (QED) is 0.799. The molecule has 2 aromatic heterocycles. The van der Waals surface area contributed by atoms with E-state index in [1.54, 1.807) is 0 Å². The number of benzene rings is 1. The summed E-state index contributed by atoms with van der Waals surface area (Å²) in [6.45, 7) is 6.86. The number of nitrogens with zero attached hydrogens (tertiary/aromatic N) is 3. The third kappa shape index (κ3) is 2.43. The van der Waals surface area contributed by atoms with Crippen molar-refractivity contribution in [1.82, 2.24) is 14.5 Å². The zero-order chi connectivity index (χ0) is 15.0. The maximum absolute atomic E-state index is 5.73. The van der Waals surface area contributed by atoms with Gasteiger partial charge >= 0.3 is 0 Å². The predicted molar refractivity (Wildman–Crippen MR) is 86.0 cm³/mol. The number of imidazole rings is 1. The van der Waals surface area contributed by atoms with Gasteiger partial charge in [0, 0.05) is 18.3 Å². The molecule has 0 radical (unpaired) electrons. The minimum Gasteiger partial charge on any atom is -0.326 e. The molecule has 0 aliphatic rings. The van der Waals surface area contributed by atoms with Gasteiger partial charge in [-0.2, -0.15) is 0 Å². The van der Waals surface area contributed by atoms with Crippen LogP contribution in [0.1, 0.15) is 31.1 Å². The van der Waals surface area contributed by atoms with Crippen molar-refractivity contribution in [3.05, 3.63) is 47.7 Å². The monoisotopic (exact) mass is 280 g/mol. The molecule has 108 valence electrons. The molecule has 0 saturated carbocycles. The molecule has 0 aliphatic carbocycles. The second kappa shape index (κ2) is 5.30. The zero-order valence-corrected chi connectivity index (χ0v) is 12.7. The maximum atomic E-state index is 5.73. The van der Waals surface area contributed by atoms with E-state index >= 15 is 0 Å². The van der Waals surface area contributed by atoms with Crippen molar-refractivity contribution in [1.29, 1.82) is 0 Å². The summed E-state index contributed by atoms with van der Waals surface area (Å²) < 4.78 is 2.23. The van der Waals surface area contributed by atoms with Gasteiger partial charge < -0.3 is 10.3 Å². The van der Waals surface area contributed by atoms with Crippen LogP contribution in [0, 0.1) is 6.92 Å². The minimum absolute atomic E-state index is 0.316. The summed E-state index contributed by atoms with van der Waals surface area (Å²) in [5, 5.41) is 0. The topological polar surface area (TPSA) is 56.7 Å². The van der Waals surface area contributed by atoms with Gasteiger partial charge in [-0.3, -0.25) is 0 Å². The lowest BCUT2D eigenvalue weighted by Crippen LogP contribution is -2.04. The third-order valence-corrected chi connectivity index (χ3v) is 3.62. The van der Waals surface area contributed by atoms with Crippen molar-refractivity contribution in [2.45, 2.75) is 33.4 Å². The summed E-state index contributed by atoms with van der Waals surface area (Å²) >= 11 is 0. The Bertz CT molecular complexity index is 787. The van der Waals surface area contributed by atoms with Crippen LogP contribution >= 0.6 is 0 Å². The van der Waals surface area contributed by atoms with Crippen molar-refractivity contribution in [2.24, 2.45) is 5.73 Å². The fourth-order valence-electron chi connectivity index (χ4n) is 2.64. The molecule has 0 amide bonds. The van der Waals surface area contributed by atoms with Gasteiger partial charge in [0.1, 0.15) is 5.69 Å². The number of fused-ring (bicyclic) bond motifs is 1. The number of aromatic nitrogens is 3. The van der Waals surface area contributed by atoms with Crippen LogP contribution in [0.25, 0.3) is 22.6 Å². The van der Waals surface area contributed by atoms with Crippen LogP contribution in [-0.4, -0.2) is 14.5 Å². The fourth-order valence-corrected chi connectivity index (χ4v) is 2.64. The Labute approximate surface area is 124 Å². The number of hydrogen-bond acceptors (Lipinski definition) is 3. The summed E-state index contributed by atoms with van der Waals surface area (Å²) in [6.07, 6.45) is 0. The van der Waals surface area contributed by atoms with Crippen LogP contribution < -0.4 is 5.73 Å². The molecule has 2 heterocycles. The predicted octanol–water partition coefficient (Wildman–Crippen LogP) is 3.45. The van der Waals surface area contributed by atoms with E-state index in [1.165, 1.54) is 0 Å². The normalized spacial score (nSPS) is 11.5. The Hall–Kier alpha value is -2.20. The molecule has 0 unspecified atom stereocenters. The summed E-state index contributed by atoms with van der Waals surface area (Å²) in [5.41, 5.74) is 10.8. The van der Waals surface area contributed by atoms with E-state index in [0.717, 1.165) is 33.8 Å². The first-order chi connectivity index (χ1) is 10.1. The van der Waals surface area contributed by atoms with E-state index in [-0.39, 0.29) is 0 Å². The molecule has 4 nitrogen and oxygen atoms in total. The second-order valence-electron chi connectivity index (χ2n) is 5.59. The Kier molecular flexibility index (Phi) is 3.47.